The number of pyridine rings is 1. The summed E-state index contributed by atoms with van der Waals surface area (Å²) in [5.74, 6) is -2.69. The van der Waals surface area contributed by atoms with Crippen LogP contribution in [0.15, 0.2) is 14.6 Å². The van der Waals surface area contributed by atoms with Crippen molar-refractivity contribution in [3.63, 3.8) is 0 Å². The van der Waals surface area contributed by atoms with Crippen LogP contribution in [-0.2, 0) is 34.8 Å². The van der Waals surface area contributed by atoms with Gasteiger partial charge in [0.1, 0.15) is 0 Å². The second-order valence-electron chi connectivity index (χ2n) is 8.66. The summed E-state index contributed by atoms with van der Waals surface area (Å²) in [6.07, 6.45) is -2.88. The first-order chi connectivity index (χ1) is 15.2. The minimum absolute atomic E-state index is 0.0713. The van der Waals surface area contributed by atoms with Crippen molar-refractivity contribution in [3.05, 3.63) is 39.3 Å². The number of aryl methyl sites for hydroxylation is 1. The lowest BCUT2D eigenvalue weighted by Crippen LogP contribution is -2.21. The lowest BCUT2D eigenvalue weighted by atomic mass is 10.0. The Morgan fingerprint density at radius 3 is 2.61 bits per heavy atom. The third-order valence-corrected chi connectivity index (χ3v) is 9.09. The highest BCUT2D eigenvalue weighted by molar-refractivity contribution is 7.93. The van der Waals surface area contributed by atoms with E-state index in [-0.39, 0.29) is 34.7 Å². The largest absolute Gasteiger partial charge is 0.397 e. The summed E-state index contributed by atoms with van der Waals surface area (Å²) in [4.78, 5) is 17.0. The van der Waals surface area contributed by atoms with Crippen LogP contribution in [0.2, 0.25) is 0 Å². The molecule has 2 aromatic heterocycles. The van der Waals surface area contributed by atoms with Crippen LogP contribution < -0.4 is 10.5 Å². The molecule has 0 saturated heterocycles. The molecule has 0 fully saturated rings. The van der Waals surface area contributed by atoms with Gasteiger partial charge in [0.15, 0.2) is 19.9 Å². The van der Waals surface area contributed by atoms with Crippen LogP contribution in [0.3, 0.4) is 0 Å². The summed E-state index contributed by atoms with van der Waals surface area (Å²) < 4.78 is 70.6. The number of nitrogens with zero attached hydrogens (tertiary/aromatic N) is 2. The molecular weight excluding hydrogens is 484 g/mol. The minimum atomic E-state index is -4.46. The van der Waals surface area contributed by atoms with Crippen molar-refractivity contribution in [3.8, 4) is 0 Å². The number of halogens is 4. The first-order valence-electron chi connectivity index (χ1n) is 10.2. The summed E-state index contributed by atoms with van der Waals surface area (Å²) in [7, 11) is -4.01. The van der Waals surface area contributed by atoms with Gasteiger partial charge in [-0.05, 0) is 63.1 Å². The second-order valence-corrected chi connectivity index (χ2v) is 11.7. The number of aliphatic hydroxyl groups is 1. The molecule has 2 aliphatic rings. The molecule has 0 radical (unpaired) electrons. The van der Waals surface area contributed by atoms with Gasteiger partial charge in [-0.15, -0.1) is 15.7 Å². The van der Waals surface area contributed by atoms with Crippen molar-refractivity contribution in [2.45, 2.75) is 67.9 Å². The van der Waals surface area contributed by atoms with Gasteiger partial charge in [-0.3, -0.25) is 4.98 Å². The molecule has 2 amide bonds. The summed E-state index contributed by atoms with van der Waals surface area (Å²) in [5, 5.41) is 18.2. The Hall–Kier alpha value is -2.09. The zero-order chi connectivity index (χ0) is 24.3. The van der Waals surface area contributed by atoms with Crippen molar-refractivity contribution in [1.82, 2.24) is 4.98 Å². The maximum atomic E-state index is 14.4. The highest BCUT2D eigenvalue weighted by atomic mass is 32.2. The number of anilines is 1. The van der Waals surface area contributed by atoms with E-state index in [4.69, 9.17) is 5.14 Å². The number of amides is 2. The van der Waals surface area contributed by atoms with E-state index in [0.717, 1.165) is 6.07 Å². The molecule has 13 heteroatoms. The third-order valence-electron chi connectivity index (χ3n) is 5.74. The van der Waals surface area contributed by atoms with E-state index >= 15 is 0 Å². The molecule has 7 nitrogen and oxygen atoms in total. The summed E-state index contributed by atoms with van der Waals surface area (Å²) in [6.45, 7) is 2.81. The van der Waals surface area contributed by atoms with Crippen molar-refractivity contribution in [2.24, 2.45) is 9.50 Å². The molecule has 33 heavy (non-hydrogen) atoms. The molecule has 0 aromatic carbocycles. The Bertz CT molecular complexity index is 1260. The van der Waals surface area contributed by atoms with Crippen LogP contribution in [0, 0.1) is 5.82 Å². The van der Waals surface area contributed by atoms with Gasteiger partial charge in [0, 0.05) is 10.6 Å². The van der Waals surface area contributed by atoms with Crippen LogP contribution >= 0.6 is 11.3 Å². The SMILES string of the molecule is CC(C)(O)c1cc(F)c([S@](N)(=O)=NC(=O)Nc2c3c(nc4c2CCC4C(F)(F)F)CCC3)s1. The number of hydrogen-bond donors (Lipinski definition) is 3. The van der Waals surface area contributed by atoms with E-state index in [1.165, 1.54) is 13.8 Å². The molecule has 180 valence electrons. The van der Waals surface area contributed by atoms with Crippen LogP contribution in [0.4, 0.5) is 28.0 Å². The number of nitrogens with two attached hydrogens (primary N) is 1. The summed E-state index contributed by atoms with van der Waals surface area (Å²) >= 11 is 0.631. The third kappa shape index (κ3) is 4.51. The zero-order valence-corrected chi connectivity index (χ0v) is 19.4. The highest BCUT2D eigenvalue weighted by Crippen LogP contribution is 2.47. The van der Waals surface area contributed by atoms with E-state index in [1.807, 2.05) is 0 Å². The average Bonchev–Trinajstić information content (AvgIpc) is 3.37. The Morgan fingerprint density at radius 2 is 2.00 bits per heavy atom. The maximum Gasteiger partial charge on any atom is 0.397 e. The van der Waals surface area contributed by atoms with Gasteiger partial charge in [0.05, 0.1) is 22.9 Å². The van der Waals surface area contributed by atoms with Gasteiger partial charge in [-0.2, -0.15) is 13.2 Å². The van der Waals surface area contributed by atoms with E-state index in [0.29, 0.717) is 41.9 Å². The van der Waals surface area contributed by atoms with E-state index in [1.54, 1.807) is 0 Å². The van der Waals surface area contributed by atoms with Crippen LogP contribution in [0.25, 0.3) is 0 Å². The van der Waals surface area contributed by atoms with Gasteiger partial charge < -0.3 is 10.4 Å². The van der Waals surface area contributed by atoms with Crippen LogP contribution in [-0.4, -0.2) is 26.5 Å². The normalized spacial score (nSPS) is 19.7. The number of fused-ring (bicyclic) bond motifs is 2. The Morgan fingerprint density at radius 1 is 1.30 bits per heavy atom. The number of thiophene rings is 1. The average molecular weight is 507 g/mol. The van der Waals surface area contributed by atoms with Gasteiger partial charge in [-0.1, -0.05) is 0 Å². The number of aromatic nitrogens is 1. The maximum absolute atomic E-state index is 14.4. The summed E-state index contributed by atoms with van der Waals surface area (Å²) in [5.41, 5.74) is 0.0900. The molecule has 4 rings (SSSR count). The molecule has 2 heterocycles. The number of carbonyl (C=O) groups excluding carboxylic acids is 1. The first kappa shape index (κ1) is 24.0. The number of rotatable bonds is 3. The standard InChI is InChI=1S/C20H22F4N4O3S2/c1-19(2,30)14-8-12(21)17(32-14)33(25,31)28-18(29)27-15-9-4-3-5-13(9)26-16-10(15)6-7-11(16)20(22,23)24/h8,11,30H,3-7H2,1-2H3,(H3,25,26,27,28,29,31)/t11?,33-/m1/s1. The molecule has 2 atom stereocenters. The van der Waals surface area contributed by atoms with E-state index < -0.39 is 43.7 Å². The predicted octanol–water partition coefficient (Wildman–Crippen LogP) is 4.52. The minimum Gasteiger partial charge on any atom is -0.385 e. The number of urea groups is 1. The fraction of sp³-hybridized carbons (Fsp3) is 0.500. The van der Waals surface area contributed by atoms with Crippen molar-refractivity contribution in [1.29, 1.82) is 0 Å². The molecule has 2 aromatic rings. The number of alkyl halides is 3. The lowest BCUT2D eigenvalue weighted by molar-refractivity contribution is -0.150. The molecule has 0 spiro atoms. The summed E-state index contributed by atoms with van der Waals surface area (Å²) in [6, 6.07) is -0.183. The smallest absolute Gasteiger partial charge is 0.385 e. The zero-order valence-electron chi connectivity index (χ0n) is 17.8. The second kappa shape index (κ2) is 8.00. The number of nitrogens with one attached hydrogen (secondary N) is 1. The highest BCUT2D eigenvalue weighted by Gasteiger charge is 2.47. The number of hydrogen-bond acceptors (Lipinski definition) is 5. The molecule has 2 aliphatic carbocycles. The van der Waals surface area contributed by atoms with E-state index in [9.17, 15) is 31.7 Å². The first-order valence-corrected chi connectivity index (χ1v) is 12.6. The Kier molecular flexibility index (Phi) is 5.83. The van der Waals surface area contributed by atoms with Crippen molar-refractivity contribution < 1.29 is 31.7 Å². The molecule has 0 saturated carbocycles. The Balaban J connectivity index is 1.71. The molecule has 0 bridgehead atoms. The van der Waals surface area contributed by atoms with Crippen molar-refractivity contribution >= 4 is 33.0 Å². The predicted molar refractivity (Wildman–Crippen MR) is 115 cm³/mol. The molecular formula is C20H22F4N4O3S2. The Labute approximate surface area is 191 Å². The quantitative estimate of drug-likeness (QED) is 0.531. The molecule has 1 unspecified atom stereocenters. The van der Waals surface area contributed by atoms with Gasteiger partial charge in [0.25, 0.3) is 0 Å². The molecule has 0 aliphatic heterocycles. The fourth-order valence-corrected chi connectivity index (χ4v) is 6.57. The van der Waals surface area contributed by atoms with Gasteiger partial charge in [0.2, 0.25) is 0 Å². The van der Waals surface area contributed by atoms with Gasteiger partial charge >= 0.3 is 12.2 Å². The van der Waals surface area contributed by atoms with Gasteiger partial charge in [-0.25, -0.2) is 18.5 Å². The fourth-order valence-electron chi connectivity index (χ4n) is 4.23. The van der Waals surface area contributed by atoms with Crippen LogP contribution in [0.5, 0.6) is 0 Å². The van der Waals surface area contributed by atoms with Crippen LogP contribution in [0.1, 0.15) is 60.0 Å². The van der Waals surface area contributed by atoms with Crippen molar-refractivity contribution in [2.75, 3.05) is 5.32 Å². The monoisotopic (exact) mass is 506 g/mol. The molecule has 4 N–H and O–H groups in total. The topological polar surface area (TPSA) is 118 Å². The van der Waals surface area contributed by atoms with E-state index in [2.05, 4.69) is 14.7 Å². The number of carbonyl (C=O) groups is 1. The lowest BCUT2D eigenvalue weighted by Gasteiger charge is -2.18.